The number of hydrogen-bond donors (Lipinski definition) is 2. The van der Waals surface area contributed by atoms with Gasteiger partial charge in [-0.1, -0.05) is 54.1 Å². The molecule has 2 N–H and O–H groups in total. The van der Waals surface area contributed by atoms with E-state index in [1.165, 1.54) is 5.56 Å². The molecule has 0 radical (unpaired) electrons. The molecule has 4 nitrogen and oxygen atoms in total. The summed E-state index contributed by atoms with van der Waals surface area (Å²) in [4.78, 5) is 4.82. The first-order chi connectivity index (χ1) is 11.8. The Morgan fingerprint density at radius 2 is 1.42 bits per heavy atom. The number of para-hydroxylation sites is 2. The molecule has 0 bridgehead atoms. The normalized spacial score (nSPS) is 18.0. The summed E-state index contributed by atoms with van der Waals surface area (Å²) in [5, 5.41) is 7.43. The van der Waals surface area contributed by atoms with Gasteiger partial charge in [-0.2, -0.15) is 0 Å². The highest BCUT2D eigenvalue weighted by molar-refractivity contribution is 6.31. The van der Waals surface area contributed by atoms with E-state index in [2.05, 4.69) is 56.8 Å². The summed E-state index contributed by atoms with van der Waals surface area (Å²) in [6, 6.07) is 18.8. The van der Waals surface area contributed by atoms with Crippen molar-refractivity contribution in [2.45, 2.75) is 6.54 Å². The summed E-state index contributed by atoms with van der Waals surface area (Å²) in [7, 11) is 0. The van der Waals surface area contributed by atoms with E-state index in [-0.39, 0.29) is 0 Å². The van der Waals surface area contributed by atoms with Crippen LogP contribution in [0.15, 0.2) is 65.6 Å². The number of rotatable bonds is 3. The van der Waals surface area contributed by atoms with Gasteiger partial charge in [0.05, 0.1) is 11.4 Å². The van der Waals surface area contributed by atoms with E-state index < -0.39 is 0 Å². The van der Waals surface area contributed by atoms with Crippen LogP contribution in [0.25, 0.3) is 0 Å². The number of nitrogens with one attached hydrogen (secondary N) is 2. The van der Waals surface area contributed by atoms with Gasteiger partial charge in [0.2, 0.25) is 0 Å². The first kappa shape index (κ1) is 15.4. The molecule has 124 valence electrons. The van der Waals surface area contributed by atoms with Gasteiger partial charge in [-0.3, -0.25) is 4.90 Å². The lowest BCUT2D eigenvalue weighted by Gasteiger charge is -2.39. The highest BCUT2D eigenvalue weighted by atomic mass is 35.5. The van der Waals surface area contributed by atoms with Gasteiger partial charge in [0, 0.05) is 32.7 Å². The van der Waals surface area contributed by atoms with Gasteiger partial charge in [0.25, 0.3) is 0 Å². The molecule has 0 amide bonds. The van der Waals surface area contributed by atoms with Crippen LogP contribution in [0.1, 0.15) is 5.56 Å². The van der Waals surface area contributed by atoms with Crippen molar-refractivity contribution in [3.8, 4) is 0 Å². The molecule has 2 aliphatic rings. The Morgan fingerprint density at radius 3 is 2.12 bits per heavy atom. The molecule has 0 unspecified atom stereocenters. The van der Waals surface area contributed by atoms with E-state index in [0.717, 1.165) is 49.9 Å². The zero-order valence-electron chi connectivity index (χ0n) is 13.5. The van der Waals surface area contributed by atoms with Crippen molar-refractivity contribution in [1.29, 1.82) is 0 Å². The number of anilines is 2. The van der Waals surface area contributed by atoms with Crippen LogP contribution in [0.3, 0.4) is 0 Å². The van der Waals surface area contributed by atoms with E-state index >= 15 is 0 Å². The second kappa shape index (κ2) is 6.75. The summed E-state index contributed by atoms with van der Waals surface area (Å²) >= 11 is 6.46. The molecule has 5 heteroatoms. The Kier molecular flexibility index (Phi) is 4.32. The van der Waals surface area contributed by atoms with Crippen molar-refractivity contribution < 1.29 is 0 Å². The summed E-state index contributed by atoms with van der Waals surface area (Å²) in [5.41, 5.74) is 3.46. The Labute approximate surface area is 147 Å². The second-order valence-electron chi connectivity index (χ2n) is 6.21. The van der Waals surface area contributed by atoms with Crippen LogP contribution in [0.4, 0.5) is 11.4 Å². The van der Waals surface area contributed by atoms with Crippen LogP contribution in [0, 0.1) is 0 Å². The van der Waals surface area contributed by atoms with E-state index in [0.29, 0.717) is 5.16 Å². The third-order valence-corrected chi connectivity index (χ3v) is 4.84. The fourth-order valence-corrected chi connectivity index (χ4v) is 3.52. The molecule has 2 aromatic rings. The molecular formula is C19H21ClN4. The third kappa shape index (κ3) is 3.21. The topological polar surface area (TPSA) is 30.5 Å². The lowest BCUT2D eigenvalue weighted by Crippen LogP contribution is -2.47. The van der Waals surface area contributed by atoms with Gasteiger partial charge in [0.1, 0.15) is 11.0 Å². The van der Waals surface area contributed by atoms with Crippen LogP contribution >= 0.6 is 11.6 Å². The maximum Gasteiger partial charge on any atom is 0.147 e. The maximum absolute atomic E-state index is 6.46. The number of hydrogen-bond acceptors (Lipinski definition) is 4. The lowest BCUT2D eigenvalue weighted by atomic mass is 10.2. The first-order valence-corrected chi connectivity index (χ1v) is 8.71. The van der Waals surface area contributed by atoms with Crippen molar-refractivity contribution in [1.82, 2.24) is 9.80 Å². The minimum atomic E-state index is 0.671. The highest BCUT2D eigenvalue weighted by Crippen LogP contribution is 2.32. The van der Waals surface area contributed by atoms with Gasteiger partial charge >= 0.3 is 0 Å². The molecule has 2 aromatic carbocycles. The van der Waals surface area contributed by atoms with E-state index in [4.69, 9.17) is 11.6 Å². The molecule has 2 heterocycles. The molecule has 1 saturated heterocycles. The number of nitrogens with zero attached hydrogens (tertiary/aromatic N) is 2. The average Bonchev–Trinajstić information content (AvgIpc) is 2.63. The van der Waals surface area contributed by atoms with Crippen LogP contribution in [-0.4, -0.2) is 36.0 Å². The maximum atomic E-state index is 6.46. The molecule has 0 aliphatic carbocycles. The quantitative estimate of drug-likeness (QED) is 0.834. The van der Waals surface area contributed by atoms with E-state index in [1.807, 2.05) is 18.2 Å². The molecule has 2 aliphatic heterocycles. The largest absolute Gasteiger partial charge is 0.353 e. The Bertz CT molecular complexity index is 736. The minimum absolute atomic E-state index is 0.671. The van der Waals surface area contributed by atoms with Crippen molar-refractivity contribution >= 4 is 23.0 Å². The highest BCUT2D eigenvalue weighted by Gasteiger charge is 2.24. The summed E-state index contributed by atoms with van der Waals surface area (Å²) in [6.45, 7) is 5.01. The first-order valence-electron chi connectivity index (χ1n) is 8.34. The molecular weight excluding hydrogens is 320 g/mol. The number of piperazine rings is 1. The fourth-order valence-electron chi connectivity index (χ4n) is 3.25. The van der Waals surface area contributed by atoms with E-state index in [1.54, 1.807) is 0 Å². The Morgan fingerprint density at radius 1 is 0.792 bits per heavy atom. The summed E-state index contributed by atoms with van der Waals surface area (Å²) < 4.78 is 0. The monoisotopic (exact) mass is 340 g/mol. The third-order valence-electron chi connectivity index (χ3n) is 4.57. The van der Waals surface area contributed by atoms with Crippen LogP contribution in [0.2, 0.25) is 0 Å². The molecule has 4 rings (SSSR count). The molecule has 0 spiro atoms. The molecule has 1 fully saturated rings. The van der Waals surface area contributed by atoms with Crippen LogP contribution < -0.4 is 10.6 Å². The van der Waals surface area contributed by atoms with Gasteiger partial charge in [-0.15, -0.1) is 0 Å². The van der Waals surface area contributed by atoms with Gasteiger partial charge < -0.3 is 15.5 Å². The lowest BCUT2D eigenvalue weighted by molar-refractivity contribution is 0.153. The second-order valence-corrected chi connectivity index (χ2v) is 6.58. The van der Waals surface area contributed by atoms with Crippen LogP contribution in [-0.2, 0) is 6.54 Å². The van der Waals surface area contributed by atoms with E-state index in [9.17, 15) is 0 Å². The Balaban J connectivity index is 1.39. The van der Waals surface area contributed by atoms with Crippen molar-refractivity contribution in [3.05, 3.63) is 71.1 Å². The fraction of sp³-hybridized carbons (Fsp3) is 0.263. The SMILES string of the molecule is ClC1=C(N2CCN(Cc3ccccc3)CC2)Nc2ccccc2N1. The zero-order chi connectivity index (χ0) is 16.4. The van der Waals surface area contributed by atoms with Crippen LogP contribution in [0.5, 0.6) is 0 Å². The van der Waals surface area contributed by atoms with Gasteiger partial charge in [-0.05, 0) is 17.7 Å². The minimum Gasteiger partial charge on any atom is -0.353 e. The van der Waals surface area contributed by atoms with Crippen molar-refractivity contribution in [2.75, 3.05) is 36.8 Å². The number of halogens is 1. The van der Waals surface area contributed by atoms with Gasteiger partial charge in [-0.25, -0.2) is 0 Å². The molecule has 0 aromatic heterocycles. The summed E-state index contributed by atoms with van der Waals surface area (Å²) in [6.07, 6.45) is 0. The van der Waals surface area contributed by atoms with Crippen molar-refractivity contribution in [3.63, 3.8) is 0 Å². The predicted molar refractivity (Wildman–Crippen MR) is 99.9 cm³/mol. The predicted octanol–water partition coefficient (Wildman–Crippen LogP) is 3.71. The smallest absolute Gasteiger partial charge is 0.147 e. The molecule has 0 atom stereocenters. The van der Waals surface area contributed by atoms with Gasteiger partial charge in [0.15, 0.2) is 0 Å². The average molecular weight is 341 g/mol. The molecule has 0 saturated carbocycles. The Hall–Kier alpha value is -2.17. The van der Waals surface area contributed by atoms with Crippen molar-refractivity contribution in [2.24, 2.45) is 0 Å². The molecule has 24 heavy (non-hydrogen) atoms. The summed E-state index contributed by atoms with van der Waals surface area (Å²) in [5.74, 6) is 0.981. The standard InChI is InChI=1S/C19H21ClN4/c20-18-19(22-17-9-5-4-8-16(17)21-18)24-12-10-23(11-13-24)14-15-6-2-1-3-7-15/h1-9,21-22H,10-14H2. The zero-order valence-corrected chi connectivity index (χ0v) is 14.3. The number of benzene rings is 2. The number of fused-ring (bicyclic) bond motifs is 1.